The van der Waals surface area contributed by atoms with Crippen LogP contribution in [-0.4, -0.2) is 72.1 Å². The Morgan fingerprint density at radius 2 is 1.77 bits per heavy atom. The fraction of sp³-hybridized carbons (Fsp3) is 0.688. The number of hydrogen-bond donors (Lipinski definition) is 2. The van der Waals surface area contributed by atoms with Gasteiger partial charge in [-0.15, -0.1) is 10.2 Å². The standard InChI is InChI=1S/C32H47BN4O8S3/c1-17-18(12-13-20(37-48(11,40)41)24(17)25(38)42-29(2,3)4)14-23(46-28-36-35-26(47-28)34-27(39)43-30(5,6)7)33-44-22-16-19-15-21(31(19,8)9)32(22,10)45-33/h12-13,19,21-23,37H,14-16H2,1-11H3,(H,34,35,39)/t19?,21?,22?,23-,32-/m0/s1. The molecule has 2 N–H and O–H groups in total. The summed E-state index contributed by atoms with van der Waals surface area (Å²) >= 11 is 2.64. The lowest BCUT2D eigenvalue weighted by molar-refractivity contribution is -0.199. The molecule has 6 rings (SSSR count). The maximum atomic E-state index is 13.5. The quantitative estimate of drug-likeness (QED) is 0.126. The topological polar surface area (TPSA) is 155 Å². The smallest absolute Gasteiger partial charge is 0.456 e. The third-order valence-electron chi connectivity index (χ3n) is 9.44. The largest absolute Gasteiger partial charge is 0.472 e. The minimum absolute atomic E-state index is 0.0547. The van der Waals surface area contributed by atoms with E-state index in [1.807, 2.05) is 6.07 Å². The number of carbonyl (C=O) groups is 2. The zero-order valence-corrected chi connectivity index (χ0v) is 32.0. The van der Waals surface area contributed by atoms with Crippen molar-refractivity contribution < 1.29 is 36.8 Å². The van der Waals surface area contributed by atoms with Gasteiger partial charge < -0.3 is 18.8 Å². The highest BCUT2D eigenvalue weighted by molar-refractivity contribution is 8.03. The Morgan fingerprint density at radius 1 is 1.10 bits per heavy atom. The van der Waals surface area contributed by atoms with Gasteiger partial charge in [-0.25, -0.2) is 18.0 Å². The van der Waals surface area contributed by atoms with E-state index >= 15 is 0 Å². The molecule has 2 heterocycles. The highest BCUT2D eigenvalue weighted by Gasteiger charge is 2.68. The number of anilines is 2. The molecule has 48 heavy (non-hydrogen) atoms. The van der Waals surface area contributed by atoms with Gasteiger partial charge in [0.05, 0.1) is 34.4 Å². The van der Waals surface area contributed by atoms with Gasteiger partial charge in [-0.1, -0.05) is 43.0 Å². The summed E-state index contributed by atoms with van der Waals surface area (Å²) < 4.78 is 52.2. The molecule has 12 nitrogen and oxygen atoms in total. The van der Waals surface area contributed by atoms with Gasteiger partial charge >= 0.3 is 19.2 Å². The van der Waals surface area contributed by atoms with E-state index in [0.717, 1.165) is 24.7 Å². The molecule has 264 valence electrons. The molecule has 4 aliphatic rings. The molecule has 0 radical (unpaired) electrons. The Labute approximate surface area is 292 Å². The van der Waals surface area contributed by atoms with E-state index in [4.69, 9.17) is 18.8 Å². The second-order valence-corrected chi connectivity index (χ2v) is 20.1. The lowest BCUT2D eigenvalue weighted by Crippen LogP contribution is -2.65. The number of amides is 1. The number of esters is 1. The molecule has 3 unspecified atom stereocenters. The van der Waals surface area contributed by atoms with E-state index in [0.29, 0.717) is 33.3 Å². The molecule has 3 aliphatic carbocycles. The Kier molecular flexibility index (Phi) is 9.78. The van der Waals surface area contributed by atoms with Gasteiger partial charge in [0, 0.05) is 0 Å². The van der Waals surface area contributed by atoms with Gasteiger partial charge in [0.2, 0.25) is 15.2 Å². The molecular formula is C32H47BN4O8S3. The monoisotopic (exact) mass is 722 g/mol. The van der Waals surface area contributed by atoms with Crippen molar-refractivity contribution in [3.8, 4) is 0 Å². The average Bonchev–Trinajstić information content (AvgIpc) is 3.49. The van der Waals surface area contributed by atoms with E-state index in [-0.39, 0.29) is 27.9 Å². The SMILES string of the molecule is Cc1c(C[C@H](Sc2nnc(NC(=O)OC(C)(C)C)s2)B2OC3CC4CC(C4(C)C)[C@]3(C)O2)ccc(NS(C)(=O)=O)c1C(=O)OC(C)(C)C. The van der Waals surface area contributed by atoms with Gasteiger partial charge in [-0.3, -0.25) is 10.0 Å². The maximum Gasteiger partial charge on any atom is 0.472 e. The number of carbonyl (C=O) groups excluding carboxylic acids is 2. The molecular weight excluding hydrogens is 675 g/mol. The van der Waals surface area contributed by atoms with Crippen LogP contribution in [0, 0.1) is 24.2 Å². The van der Waals surface area contributed by atoms with Crippen LogP contribution < -0.4 is 10.0 Å². The first-order valence-electron chi connectivity index (χ1n) is 16.1. The van der Waals surface area contributed by atoms with Gasteiger partial charge in [-0.05, 0) is 109 Å². The van der Waals surface area contributed by atoms with E-state index in [9.17, 15) is 18.0 Å². The van der Waals surface area contributed by atoms with Crippen molar-refractivity contribution in [1.29, 1.82) is 0 Å². The lowest BCUT2D eigenvalue weighted by Gasteiger charge is -2.64. The fourth-order valence-electron chi connectivity index (χ4n) is 7.15. The van der Waals surface area contributed by atoms with E-state index < -0.39 is 46.0 Å². The first-order valence-corrected chi connectivity index (χ1v) is 19.7. The van der Waals surface area contributed by atoms with E-state index in [1.165, 1.54) is 23.1 Å². The second kappa shape index (κ2) is 12.7. The minimum Gasteiger partial charge on any atom is -0.456 e. The molecule has 1 amide bonds. The second-order valence-electron chi connectivity index (χ2n) is 15.8. The van der Waals surface area contributed by atoms with Crippen molar-refractivity contribution in [2.45, 2.75) is 121 Å². The molecule has 1 aliphatic heterocycles. The maximum absolute atomic E-state index is 13.5. The summed E-state index contributed by atoms with van der Waals surface area (Å²) in [6, 6.07) is 3.40. The minimum atomic E-state index is -3.68. The number of rotatable bonds is 9. The Balaban J connectivity index is 1.47. The third-order valence-corrected chi connectivity index (χ3v) is 12.2. The van der Waals surface area contributed by atoms with Gasteiger partial charge in [0.15, 0.2) is 4.34 Å². The molecule has 2 bridgehead atoms. The first kappa shape index (κ1) is 36.9. The van der Waals surface area contributed by atoms with Gasteiger partial charge in [0.1, 0.15) is 11.2 Å². The molecule has 0 spiro atoms. The number of nitrogens with zero attached hydrogens (tertiary/aromatic N) is 2. The van der Waals surface area contributed by atoms with Crippen molar-refractivity contribution in [3.63, 3.8) is 0 Å². The Bertz CT molecular complexity index is 1690. The molecule has 2 aromatic rings. The van der Waals surface area contributed by atoms with Crippen molar-refractivity contribution in [3.05, 3.63) is 28.8 Å². The Morgan fingerprint density at radius 3 is 2.38 bits per heavy atom. The molecule has 1 aromatic heterocycles. The number of sulfonamides is 1. The van der Waals surface area contributed by atoms with Gasteiger partial charge in [-0.2, -0.15) is 0 Å². The highest BCUT2D eigenvalue weighted by Crippen LogP contribution is 2.66. The summed E-state index contributed by atoms with van der Waals surface area (Å²) in [4.78, 5) is 25.9. The predicted molar refractivity (Wildman–Crippen MR) is 188 cm³/mol. The number of thioether (sulfide) groups is 1. The number of ether oxygens (including phenoxy) is 2. The van der Waals surface area contributed by atoms with Crippen LogP contribution in [0.15, 0.2) is 16.5 Å². The molecule has 1 aromatic carbocycles. The zero-order chi connectivity index (χ0) is 35.6. The van der Waals surface area contributed by atoms with E-state index in [1.54, 1.807) is 54.5 Å². The zero-order valence-electron chi connectivity index (χ0n) is 29.5. The van der Waals surface area contributed by atoms with Crippen molar-refractivity contribution in [1.82, 2.24) is 10.2 Å². The summed E-state index contributed by atoms with van der Waals surface area (Å²) in [5.41, 5.74) is -0.0883. The van der Waals surface area contributed by atoms with Crippen molar-refractivity contribution in [2.24, 2.45) is 17.3 Å². The van der Waals surface area contributed by atoms with Crippen molar-refractivity contribution in [2.75, 3.05) is 16.3 Å². The fourth-order valence-corrected chi connectivity index (χ4v) is 9.82. The van der Waals surface area contributed by atoms with Crippen LogP contribution in [0.5, 0.6) is 0 Å². The van der Waals surface area contributed by atoms with Crippen molar-refractivity contribution >= 4 is 63.1 Å². The molecule has 16 heteroatoms. The summed E-state index contributed by atoms with van der Waals surface area (Å²) in [6.07, 6.45) is 2.78. The van der Waals surface area contributed by atoms with Crippen LogP contribution in [-0.2, 0) is 35.2 Å². The number of benzene rings is 1. The molecule has 1 saturated heterocycles. The lowest BCUT2D eigenvalue weighted by atomic mass is 9.43. The van der Waals surface area contributed by atoms with Crippen LogP contribution >= 0.6 is 23.1 Å². The first-order chi connectivity index (χ1) is 21.9. The van der Waals surface area contributed by atoms with Crippen LogP contribution in [0.25, 0.3) is 0 Å². The number of hydrogen-bond acceptors (Lipinski definition) is 12. The molecule has 5 atom stereocenters. The summed E-state index contributed by atoms with van der Waals surface area (Å²) in [5.74, 6) is 0.303. The van der Waals surface area contributed by atoms with Crippen LogP contribution in [0.1, 0.15) is 96.6 Å². The van der Waals surface area contributed by atoms with Crippen LogP contribution in [0.2, 0.25) is 0 Å². The normalized spacial score (nSPS) is 25.5. The summed E-state index contributed by atoms with van der Waals surface area (Å²) in [5, 5.41) is 11.1. The summed E-state index contributed by atoms with van der Waals surface area (Å²) in [7, 11) is -4.29. The third kappa shape index (κ3) is 7.98. The van der Waals surface area contributed by atoms with E-state index in [2.05, 4.69) is 41.0 Å². The molecule has 4 fully saturated rings. The Hall–Kier alpha value is -2.40. The average molecular weight is 723 g/mol. The van der Waals surface area contributed by atoms with Crippen LogP contribution in [0.4, 0.5) is 15.6 Å². The summed E-state index contributed by atoms with van der Waals surface area (Å²) in [6.45, 7) is 19.2. The predicted octanol–water partition coefficient (Wildman–Crippen LogP) is 6.49. The van der Waals surface area contributed by atoms with Gasteiger partial charge in [0.25, 0.3) is 0 Å². The number of nitrogens with one attached hydrogen (secondary N) is 2. The highest BCUT2D eigenvalue weighted by atomic mass is 32.2. The molecule has 3 saturated carbocycles. The van der Waals surface area contributed by atoms with Crippen LogP contribution in [0.3, 0.4) is 0 Å². The number of aromatic nitrogens is 2.